The van der Waals surface area contributed by atoms with Crippen LogP contribution in [0.4, 0.5) is 0 Å². The lowest BCUT2D eigenvalue weighted by atomic mass is 9.67. The Balaban J connectivity index is 3.47. The quantitative estimate of drug-likeness (QED) is 0.514. The van der Waals surface area contributed by atoms with Crippen LogP contribution < -0.4 is 0 Å². The van der Waals surface area contributed by atoms with E-state index in [1.165, 1.54) is 7.28 Å². The molecular formula is C6H10BO2. The highest BCUT2D eigenvalue weighted by Gasteiger charge is 2.07. The van der Waals surface area contributed by atoms with E-state index in [9.17, 15) is 9.59 Å². The minimum atomic E-state index is -0.0816. The van der Waals surface area contributed by atoms with Crippen molar-refractivity contribution < 1.29 is 9.59 Å². The summed E-state index contributed by atoms with van der Waals surface area (Å²) in [7, 11) is 1.17. The van der Waals surface area contributed by atoms with Crippen LogP contribution in [0.2, 0.25) is 0 Å². The molecule has 0 aliphatic carbocycles. The van der Waals surface area contributed by atoms with Crippen LogP contribution in [0.5, 0.6) is 0 Å². The molecule has 0 bridgehead atoms. The van der Waals surface area contributed by atoms with Gasteiger partial charge in [0.25, 0.3) is 7.28 Å². The van der Waals surface area contributed by atoms with Gasteiger partial charge in [0.05, 0.1) is 11.4 Å². The van der Waals surface area contributed by atoms with Crippen LogP contribution in [-0.2, 0) is 9.59 Å². The van der Waals surface area contributed by atoms with Crippen LogP contribution >= 0.6 is 0 Å². The Hall–Kier alpha value is -0.595. The number of carbonyl (C=O) groups is 2. The summed E-state index contributed by atoms with van der Waals surface area (Å²) in [5.74, 6) is 0. The van der Waals surface area contributed by atoms with Crippen molar-refractivity contribution in [2.24, 2.45) is 0 Å². The Labute approximate surface area is 55.9 Å². The molecule has 0 N–H and O–H groups in total. The highest BCUT2D eigenvalue weighted by Crippen LogP contribution is 1.82. The predicted octanol–water partition coefficient (Wildman–Crippen LogP) is 0.564. The molecule has 0 aliphatic rings. The monoisotopic (exact) mass is 125 g/mol. The largest absolute Gasteiger partial charge is 0.311 e. The summed E-state index contributed by atoms with van der Waals surface area (Å²) in [6.45, 7) is 3.48. The Kier molecular flexibility index (Phi) is 4.02. The fourth-order valence-electron chi connectivity index (χ4n) is 0.384. The standard InChI is InChI=1S/C6H10BO2/c1-3-5(8)7-6(9)4-2/h3-4H2,1-2H3. The molecule has 2 nitrogen and oxygen atoms in total. The maximum Gasteiger partial charge on any atom is 0.290 e. The van der Waals surface area contributed by atoms with Gasteiger partial charge in [0.1, 0.15) is 0 Å². The smallest absolute Gasteiger partial charge is 0.290 e. The van der Waals surface area contributed by atoms with E-state index in [1.807, 2.05) is 0 Å². The second kappa shape index (κ2) is 4.30. The summed E-state index contributed by atoms with van der Waals surface area (Å²) in [6, 6.07) is 0. The molecule has 1 radical (unpaired) electrons. The van der Waals surface area contributed by atoms with Gasteiger partial charge in [-0.05, 0) is 12.8 Å². The molecule has 0 heterocycles. The van der Waals surface area contributed by atoms with Crippen LogP contribution in [0, 0.1) is 0 Å². The van der Waals surface area contributed by atoms with Crippen molar-refractivity contribution >= 4 is 18.6 Å². The molecule has 0 saturated heterocycles. The van der Waals surface area contributed by atoms with Gasteiger partial charge in [-0.25, -0.2) is 0 Å². The normalized spacial score (nSPS) is 8.67. The van der Waals surface area contributed by atoms with Gasteiger partial charge in [0, 0.05) is 0 Å². The molecule has 0 rings (SSSR count). The third kappa shape index (κ3) is 3.95. The van der Waals surface area contributed by atoms with E-state index in [-0.39, 0.29) is 11.4 Å². The van der Waals surface area contributed by atoms with E-state index < -0.39 is 0 Å². The van der Waals surface area contributed by atoms with Crippen molar-refractivity contribution in [3.63, 3.8) is 0 Å². The van der Waals surface area contributed by atoms with Crippen LogP contribution in [-0.4, -0.2) is 18.6 Å². The summed E-state index contributed by atoms with van der Waals surface area (Å²) in [6.07, 6.45) is 0.845. The minimum absolute atomic E-state index is 0.0816. The number of hydrogen-bond donors (Lipinski definition) is 0. The van der Waals surface area contributed by atoms with Gasteiger partial charge in [0.15, 0.2) is 0 Å². The fourth-order valence-corrected chi connectivity index (χ4v) is 0.384. The Bertz CT molecular complexity index is 106. The first-order valence-corrected chi connectivity index (χ1v) is 3.11. The van der Waals surface area contributed by atoms with Crippen molar-refractivity contribution in [3.8, 4) is 0 Å². The first-order valence-electron chi connectivity index (χ1n) is 3.11. The zero-order chi connectivity index (χ0) is 7.28. The average Bonchev–Trinajstić information content (AvgIpc) is 1.87. The second-order valence-corrected chi connectivity index (χ2v) is 1.78. The summed E-state index contributed by atoms with van der Waals surface area (Å²) in [5.41, 5.74) is -0.163. The number of carbonyl (C=O) groups excluding carboxylic acids is 2. The van der Waals surface area contributed by atoms with E-state index in [1.54, 1.807) is 13.8 Å². The lowest BCUT2D eigenvalue weighted by Crippen LogP contribution is -2.17. The third-order valence-corrected chi connectivity index (χ3v) is 1.02. The Morgan fingerprint density at radius 3 is 1.67 bits per heavy atom. The van der Waals surface area contributed by atoms with Crippen molar-refractivity contribution in [1.82, 2.24) is 0 Å². The molecule has 0 aromatic rings. The van der Waals surface area contributed by atoms with E-state index in [0.29, 0.717) is 12.8 Å². The molecular weight excluding hydrogens is 115 g/mol. The van der Waals surface area contributed by atoms with Crippen LogP contribution in [0.3, 0.4) is 0 Å². The fraction of sp³-hybridized carbons (Fsp3) is 0.667. The van der Waals surface area contributed by atoms with E-state index in [2.05, 4.69) is 0 Å². The zero-order valence-corrected chi connectivity index (χ0v) is 5.81. The Morgan fingerprint density at radius 2 is 1.44 bits per heavy atom. The molecule has 3 heteroatoms. The SMILES string of the molecule is CCC(=O)[B]C(=O)CC. The molecule has 0 atom stereocenters. The van der Waals surface area contributed by atoms with Crippen molar-refractivity contribution in [3.05, 3.63) is 0 Å². The molecule has 49 valence electrons. The van der Waals surface area contributed by atoms with Gasteiger partial charge in [0.2, 0.25) is 0 Å². The molecule has 0 saturated carbocycles. The molecule has 0 unspecified atom stereocenters. The van der Waals surface area contributed by atoms with Gasteiger partial charge in [-0.15, -0.1) is 0 Å². The maximum absolute atomic E-state index is 10.5. The molecule has 0 aromatic heterocycles. The number of rotatable bonds is 4. The van der Waals surface area contributed by atoms with Gasteiger partial charge >= 0.3 is 0 Å². The summed E-state index contributed by atoms with van der Waals surface area (Å²) >= 11 is 0. The zero-order valence-electron chi connectivity index (χ0n) is 5.81. The van der Waals surface area contributed by atoms with Gasteiger partial charge in [-0.2, -0.15) is 0 Å². The average molecular weight is 125 g/mol. The third-order valence-electron chi connectivity index (χ3n) is 1.02. The lowest BCUT2D eigenvalue weighted by molar-refractivity contribution is -0.114. The summed E-state index contributed by atoms with van der Waals surface area (Å²) in [5, 5.41) is 0. The first kappa shape index (κ1) is 8.40. The molecule has 0 aliphatic heterocycles. The maximum atomic E-state index is 10.5. The molecule has 0 amide bonds. The van der Waals surface area contributed by atoms with Crippen LogP contribution in [0.1, 0.15) is 26.7 Å². The van der Waals surface area contributed by atoms with E-state index in [4.69, 9.17) is 0 Å². The van der Waals surface area contributed by atoms with Crippen molar-refractivity contribution in [2.45, 2.75) is 26.7 Å². The highest BCUT2D eigenvalue weighted by molar-refractivity contribution is 6.97. The topological polar surface area (TPSA) is 34.1 Å². The lowest BCUT2D eigenvalue weighted by Gasteiger charge is -1.89. The molecule has 9 heavy (non-hydrogen) atoms. The molecule has 0 spiro atoms. The van der Waals surface area contributed by atoms with Gasteiger partial charge in [-0.3, -0.25) is 0 Å². The molecule has 0 aromatic carbocycles. The molecule has 0 fully saturated rings. The summed E-state index contributed by atoms with van der Waals surface area (Å²) in [4.78, 5) is 21.0. The second-order valence-electron chi connectivity index (χ2n) is 1.78. The predicted molar refractivity (Wildman–Crippen MR) is 36.4 cm³/mol. The Morgan fingerprint density at radius 1 is 1.11 bits per heavy atom. The van der Waals surface area contributed by atoms with Crippen LogP contribution in [0.25, 0.3) is 0 Å². The van der Waals surface area contributed by atoms with Gasteiger partial charge in [-0.1, -0.05) is 13.8 Å². The van der Waals surface area contributed by atoms with E-state index >= 15 is 0 Å². The van der Waals surface area contributed by atoms with Gasteiger partial charge < -0.3 is 9.59 Å². The first-order chi connectivity index (χ1) is 4.20. The van der Waals surface area contributed by atoms with Crippen molar-refractivity contribution in [1.29, 1.82) is 0 Å². The van der Waals surface area contributed by atoms with Crippen LogP contribution in [0.15, 0.2) is 0 Å². The van der Waals surface area contributed by atoms with Crippen molar-refractivity contribution in [2.75, 3.05) is 0 Å². The number of hydrogen-bond acceptors (Lipinski definition) is 2. The minimum Gasteiger partial charge on any atom is -0.311 e. The van der Waals surface area contributed by atoms with E-state index in [0.717, 1.165) is 0 Å². The summed E-state index contributed by atoms with van der Waals surface area (Å²) < 4.78 is 0. The highest BCUT2D eigenvalue weighted by atomic mass is 16.1.